The Kier molecular flexibility index (Phi) is 8.87. The molecule has 0 amide bonds. The zero-order chi connectivity index (χ0) is 27.3. The van der Waals surface area contributed by atoms with Crippen molar-refractivity contribution < 1.29 is 27.4 Å². The molecule has 1 saturated heterocycles. The van der Waals surface area contributed by atoms with E-state index in [4.69, 9.17) is 10.5 Å². The third-order valence-electron chi connectivity index (χ3n) is 7.43. The minimum absolute atomic E-state index is 0.0678. The maximum absolute atomic E-state index is 15.8. The van der Waals surface area contributed by atoms with Gasteiger partial charge in [0.25, 0.3) is 0 Å². The predicted octanol–water partition coefficient (Wildman–Crippen LogP) is 5.04. The Morgan fingerprint density at radius 3 is 2.63 bits per heavy atom. The second-order valence-corrected chi connectivity index (χ2v) is 9.78. The van der Waals surface area contributed by atoms with Crippen molar-refractivity contribution in [2.45, 2.75) is 38.4 Å². The normalized spacial score (nSPS) is 16.2. The molecule has 2 aromatic carbocycles. The Balaban J connectivity index is 1.40. The Morgan fingerprint density at radius 2 is 1.95 bits per heavy atom. The molecule has 1 aliphatic heterocycles. The largest absolute Gasteiger partial charge is 0.497 e. The number of hydrogen-bond acceptors (Lipinski definition) is 5. The highest BCUT2D eigenvalue weighted by Crippen LogP contribution is 2.41. The Bertz CT molecular complexity index is 1340. The van der Waals surface area contributed by atoms with Crippen molar-refractivity contribution in [2.24, 2.45) is 11.1 Å². The van der Waals surface area contributed by atoms with Crippen LogP contribution in [0.25, 0.3) is 10.9 Å². The molecule has 9 heteroatoms. The molecule has 38 heavy (non-hydrogen) atoms. The second kappa shape index (κ2) is 12.1. The number of benzene rings is 2. The number of pyridine rings is 1. The summed E-state index contributed by atoms with van der Waals surface area (Å²) in [4.78, 5) is 6.42. The van der Waals surface area contributed by atoms with E-state index < -0.39 is 29.0 Å². The van der Waals surface area contributed by atoms with Crippen LogP contribution >= 0.6 is 0 Å². The maximum Gasteiger partial charge on any atom is 0.174 e. The minimum atomic E-state index is -1.29. The summed E-state index contributed by atoms with van der Waals surface area (Å²) in [5.41, 5.74) is 6.96. The number of hydrogen-bond donors (Lipinski definition) is 2. The molecule has 3 N–H and O–H groups in total. The fourth-order valence-electron chi connectivity index (χ4n) is 5.04. The number of nitrogens with zero attached hydrogens (tertiary/aromatic N) is 2. The molecule has 3 aromatic rings. The van der Waals surface area contributed by atoms with Crippen LogP contribution in [0.5, 0.6) is 5.75 Å². The topological polar surface area (TPSA) is 71.6 Å². The first kappa shape index (κ1) is 27.8. The molecule has 1 atom stereocenters. The lowest BCUT2D eigenvalue weighted by Gasteiger charge is -2.40. The Hall–Kier alpha value is -3.19. The van der Waals surface area contributed by atoms with Crippen LogP contribution in [0, 0.1) is 34.7 Å². The van der Waals surface area contributed by atoms with Gasteiger partial charge < -0.3 is 15.6 Å². The number of nitrogens with two attached hydrogens (primary N) is 1. The van der Waals surface area contributed by atoms with Crippen LogP contribution < -0.4 is 10.5 Å². The van der Waals surface area contributed by atoms with E-state index in [1.165, 1.54) is 0 Å². The van der Waals surface area contributed by atoms with Gasteiger partial charge >= 0.3 is 0 Å². The Labute approximate surface area is 219 Å². The highest BCUT2D eigenvalue weighted by molar-refractivity contribution is 5.85. The molecular formula is C29H31F4N3O2. The summed E-state index contributed by atoms with van der Waals surface area (Å²) in [7, 11) is 1.55. The first-order valence-electron chi connectivity index (χ1n) is 12.6. The van der Waals surface area contributed by atoms with Gasteiger partial charge in [-0.15, -0.1) is 0 Å². The van der Waals surface area contributed by atoms with Gasteiger partial charge in [0.15, 0.2) is 11.6 Å². The molecular weight excluding hydrogens is 498 g/mol. The number of aliphatic hydroxyl groups is 1. The molecule has 0 bridgehead atoms. The minimum Gasteiger partial charge on any atom is -0.497 e. The lowest BCUT2D eigenvalue weighted by atomic mass is 9.74. The monoisotopic (exact) mass is 529 g/mol. The van der Waals surface area contributed by atoms with E-state index in [2.05, 4.69) is 16.8 Å². The van der Waals surface area contributed by atoms with E-state index in [1.54, 1.807) is 31.5 Å². The molecule has 0 saturated carbocycles. The maximum atomic E-state index is 15.8. The molecule has 1 aromatic heterocycles. The van der Waals surface area contributed by atoms with Gasteiger partial charge in [-0.25, -0.2) is 17.6 Å². The predicted molar refractivity (Wildman–Crippen MR) is 138 cm³/mol. The van der Waals surface area contributed by atoms with Crippen LogP contribution in [0.2, 0.25) is 0 Å². The standard InChI is InChI=1S/C29H31F4N3O2/c1-38-22-4-5-26-23(15-22)27(20(16-34)17-35-26)24(31)6-7-29(18-37)8-11-36(12-9-29)10-2-3-19-13-21(30)14-25(32)28(19)33/h4-5,13-15,17,24,37H,6-12,16,18,34H2,1H3. The number of piperidine rings is 1. The summed E-state index contributed by atoms with van der Waals surface area (Å²) >= 11 is 0. The van der Waals surface area contributed by atoms with Crippen LogP contribution in [-0.4, -0.2) is 48.3 Å². The first-order chi connectivity index (χ1) is 18.3. The summed E-state index contributed by atoms with van der Waals surface area (Å²) in [5.74, 6) is 2.55. The van der Waals surface area contributed by atoms with E-state index in [-0.39, 0.29) is 31.7 Å². The zero-order valence-electron chi connectivity index (χ0n) is 21.2. The third-order valence-corrected chi connectivity index (χ3v) is 7.43. The van der Waals surface area contributed by atoms with Gasteiger partial charge in [-0.3, -0.25) is 9.88 Å². The van der Waals surface area contributed by atoms with Crippen LogP contribution in [0.1, 0.15) is 48.5 Å². The van der Waals surface area contributed by atoms with Crippen molar-refractivity contribution in [3.05, 3.63) is 70.7 Å². The van der Waals surface area contributed by atoms with Gasteiger partial charge in [0.05, 0.1) is 24.7 Å². The average molecular weight is 530 g/mol. The number of aliphatic hydroxyl groups excluding tert-OH is 1. The van der Waals surface area contributed by atoms with Crippen LogP contribution in [0.3, 0.4) is 0 Å². The van der Waals surface area contributed by atoms with Crippen LogP contribution in [0.15, 0.2) is 36.5 Å². The van der Waals surface area contributed by atoms with Crippen molar-refractivity contribution >= 4 is 10.9 Å². The van der Waals surface area contributed by atoms with Crippen molar-refractivity contribution in [3.63, 3.8) is 0 Å². The quantitative estimate of drug-likeness (QED) is 0.243. The van der Waals surface area contributed by atoms with E-state index in [9.17, 15) is 18.3 Å². The van der Waals surface area contributed by atoms with Gasteiger partial charge in [-0.1, -0.05) is 11.8 Å². The molecule has 0 aliphatic carbocycles. The summed E-state index contributed by atoms with van der Waals surface area (Å²) < 4.78 is 61.6. The van der Waals surface area contributed by atoms with E-state index in [0.717, 1.165) is 6.07 Å². The summed E-state index contributed by atoms with van der Waals surface area (Å²) in [6.07, 6.45) is 2.29. The van der Waals surface area contributed by atoms with E-state index in [0.29, 0.717) is 66.2 Å². The highest BCUT2D eigenvalue weighted by Gasteiger charge is 2.35. The number of rotatable bonds is 8. The van der Waals surface area contributed by atoms with Gasteiger partial charge in [0.1, 0.15) is 17.7 Å². The molecule has 1 fully saturated rings. The number of halogens is 4. The smallest absolute Gasteiger partial charge is 0.174 e. The van der Waals surface area contributed by atoms with Crippen molar-refractivity contribution in [1.82, 2.24) is 9.88 Å². The van der Waals surface area contributed by atoms with Gasteiger partial charge in [0.2, 0.25) is 0 Å². The molecule has 5 nitrogen and oxygen atoms in total. The molecule has 1 unspecified atom stereocenters. The number of aromatic nitrogens is 1. The number of fused-ring (bicyclic) bond motifs is 1. The summed E-state index contributed by atoms with van der Waals surface area (Å²) in [6, 6.07) is 6.68. The fraction of sp³-hybridized carbons (Fsp3) is 0.414. The van der Waals surface area contributed by atoms with Crippen LogP contribution in [-0.2, 0) is 6.54 Å². The molecule has 1 aliphatic rings. The van der Waals surface area contributed by atoms with Crippen molar-refractivity contribution in [2.75, 3.05) is 33.4 Å². The number of methoxy groups -OCH3 is 1. The van der Waals surface area contributed by atoms with E-state index >= 15 is 4.39 Å². The highest BCUT2D eigenvalue weighted by atomic mass is 19.2. The van der Waals surface area contributed by atoms with Gasteiger partial charge in [-0.2, -0.15) is 0 Å². The fourth-order valence-corrected chi connectivity index (χ4v) is 5.04. The summed E-state index contributed by atoms with van der Waals surface area (Å²) in [5, 5.41) is 10.9. The van der Waals surface area contributed by atoms with Crippen molar-refractivity contribution in [3.8, 4) is 17.6 Å². The molecule has 0 spiro atoms. The second-order valence-electron chi connectivity index (χ2n) is 9.78. The SMILES string of the molecule is COc1ccc2ncc(CN)c(C(F)CCC3(CO)CCN(CC#Cc4cc(F)cc(F)c4F)CC3)c2c1. The average Bonchev–Trinajstić information content (AvgIpc) is 2.94. The van der Waals surface area contributed by atoms with Gasteiger partial charge in [-0.05, 0) is 74.0 Å². The molecule has 4 rings (SSSR count). The number of likely N-dealkylation sites (tertiary alicyclic amines) is 1. The zero-order valence-corrected chi connectivity index (χ0v) is 21.2. The van der Waals surface area contributed by atoms with Crippen molar-refractivity contribution in [1.29, 1.82) is 0 Å². The van der Waals surface area contributed by atoms with E-state index in [1.807, 2.05) is 4.90 Å². The molecule has 0 radical (unpaired) electrons. The summed E-state index contributed by atoms with van der Waals surface area (Å²) in [6.45, 7) is 1.59. The number of alkyl halides is 1. The first-order valence-corrected chi connectivity index (χ1v) is 12.6. The lowest BCUT2D eigenvalue weighted by molar-refractivity contribution is 0.0344. The van der Waals surface area contributed by atoms with Crippen LogP contribution in [0.4, 0.5) is 17.6 Å². The van der Waals surface area contributed by atoms with Gasteiger partial charge in [0, 0.05) is 36.4 Å². The molecule has 202 valence electrons. The Morgan fingerprint density at radius 1 is 1.18 bits per heavy atom. The lowest BCUT2D eigenvalue weighted by Crippen LogP contribution is -2.42. The third kappa shape index (κ3) is 6.09. The molecule has 2 heterocycles. The number of ether oxygens (including phenoxy) is 1.